The van der Waals surface area contributed by atoms with Crippen LogP contribution in [-0.2, 0) is 20.9 Å². The number of hydrogen-bond acceptors (Lipinski definition) is 10. The van der Waals surface area contributed by atoms with Crippen LogP contribution < -0.4 is 14.8 Å². The lowest BCUT2D eigenvalue weighted by atomic mass is 9.55. The lowest BCUT2D eigenvalue weighted by molar-refractivity contribution is -0.253. The van der Waals surface area contributed by atoms with Gasteiger partial charge in [-0.3, -0.25) is 0 Å². The van der Waals surface area contributed by atoms with Crippen molar-refractivity contribution in [1.29, 1.82) is 0 Å². The zero-order valence-corrected chi connectivity index (χ0v) is 31.2. The van der Waals surface area contributed by atoms with Gasteiger partial charge in [-0.15, -0.1) is 6.58 Å². The minimum atomic E-state index is -1.40. The normalized spacial score (nSPS) is 24.9. The molecular weight excluding hydrogens is 678 g/mol. The van der Waals surface area contributed by atoms with Crippen LogP contribution in [-0.4, -0.2) is 84.9 Å². The molecule has 2 amide bonds. The predicted octanol–water partition coefficient (Wildman–Crippen LogP) is 6.72. The molecule has 5 rings (SSSR count). The maximum atomic E-state index is 13.6. The van der Waals surface area contributed by atoms with E-state index in [0.717, 1.165) is 42.4 Å². The highest BCUT2D eigenvalue weighted by atomic mass is 16.7. The molecule has 1 saturated carbocycles. The van der Waals surface area contributed by atoms with Crippen LogP contribution in [0, 0.1) is 17.8 Å². The molecule has 3 aliphatic rings. The Hall–Kier alpha value is -4.39. The molecule has 53 heavy (non-hydrogen) atoms. The first-order chi connectivity index (χ1) is 25.8. The number of carbonyl (C=O) groups excluding carboxylic acids is 2. The van der Waals surface area contributed by atoms with Gasteiger partial charge in [-0.05, 0) is 80.7 Å². The van der Waals surface area contributed by atoms with Crippen molar-refractivity contribution in [3.05, 3.63) is 84.0 Å². The number of aliphatic hydroxyl groups excluding tert-OH is 2. The summed E-state index contributed by atoms with van der Waals surface area (Å²) in [6, 6.07) is 14.5. The van der Waals surface area contributed by atoms with E-state index in [1.165, 1.54) is 0 Å². The molecule has 0 radical (unpaired) electrons. The molecule has 2 aliphatic carbocycles. The summed E-state index contributed by atoms with van der Waals surface area (Å²) in [6.07, 6.45) is 7.62. The number of allylic oxidation sites excluding steroid dienone is 1. The summed E-state index contributed by atoms with van der Waals surface area (Å²) in [4.78, 5) is 33.7. The maximum Gasteiger partial charge on any atom is 0.412 e. The van der Waals surface area contributed by atoms with Crippen LogP contribution in [0.3, 0.4) is 0 Å². The minimum absolute atomic E-state index is 0.0289. The summed E-state index contributed by atoms with van der Waals surface area (Å²) in [5.41, 5.74) is 3.41. The number of hydrogen-bond donors (Lipinski definition) is 3. The Morgan fingerprint density at radius 1 is 1.08 bits per heavy atom. The topological polar surface area (TPSA) is 148 Å². The van der Waals surface area contributed by atoms with Crippen LogP contribution in [0.4, 0.5) is 9.59 Å². The standard InChI is InChI=1S/C41H55N3O9/c1-5-23-50-41-36(44(4)40(48)49-7-3)26-34(43-51-27-28-15-9-8-10-16-28)32-24-29(17-11-13-21-45)31(18-12-14-22-46)37(38(32)41)33-25-30(19-20-35(33)53-41)52-39(47)42-6-2/h5,8-10,15-16,19-20,24-25,29,31,36-38,45-46H,1,6-7,11-14,17-18,21-23,26-27H2,2-4H3,(H,42,47). The quantitative estimate of drug-likeness (QED) is 0.0863. The van der Waals surface area contributed by atoms with Gasteiger partial charge in [0, 0.05) is 44.7 Å². The van der Waals surface area contributed by atoms with E-state index in [-0.39, 0.29) is 57.2 Å². The molecule has 3 N–H and O–H groups in total. The Bertz CT molecular complexity index is 1600. The number of benzene rings is 2. The molecule has 0 spiro atoms. The Kier molecular flexibility index (Phi) is 14.3. The second-order valence-corrected chi connectivity index (χ2v) is 13.8. The van der Waals surface area contributed by atoms with Crippen LogP contribution in [0.15, 0.2) is 78.0 Å². The van der Waals surface area contributed by atoms with Crippen LogP contribution in [0.1, 0.15) is 75.8 Å². The van der Waals surface area contributed by atoms with E-state index < -0.39 is 29.9 Å². The molecule has 1 fully saturated rings. The molecule has 0 bridgehead atoms. The zero-order chi connectivity index (χ0) is 37.8. The van der Waals surface area contributed by atoms with E-state index in [1.807, 2.05) is 43.3 Å². The third-order valence-corrected chi connectivity index (χ3v) is 10.4. The zero-order valence-electron chi connectivity index (χ0n) is 31.2. The smallest absolute Gasteiger partial charge is 0.412 e. The lowest BCUT2D eigenvalue weighted by Crippen LogP contribution is -2.69. The average Bonchev–Trinajstić information content (AvgIpc) is 3.16. The number of amides is 2. The van der Waals surface area contributed by atoms with Crippen LogP contribution in [0.25, 0.3) is 0 Å². The van der Waals surface area contributed by atoms with E-state index >= 15 is 0 Å². The number of likely N-dealkylation sites (N-methyl/N-ethyl adjacent to an activating group) is 1. The molecule has 2 aromatic carbocycles. The number of oxime groups is 1. The summed E-state index contributed by atoms with van der Waals surface area (Å²) in [7, 11) is 1.69. The summed E-state index contributed by atoms with van der Waals surface area (Å²) in [6.45, 7) is 8.72. The number of rotatable bonds is 18. The number of nitrogens with one attached hydrogen (secondary N) is 1. The van der Waals surface area contributed by atoms with E-state index in [9.17, 15) is 19.8 Å². The molecule has 6 unspecified atom stereocenters. The Balaban J connectivity index is 1.73. The first-order valence-electron chi connectivity index (χ1n) is 18.9. The minimum Gasteiger partial charge on any atom is -0.459 e. The molecule has 1 aliphatic heterocycles. The van der Waals surface area contributed by atoms with Gasteiger partial charge in [-0.25, -0.2) is 9.59 Å². The van der Waals surface area contributed by atoms with Gasteiger partial charge in [-0.2, -0.15) is 0 Å². The van der Waals surface area contributed by atoms with Gasteiger partial charge in [0.25, 0.3) is 0 Å². The second-order valence-electron chi connectivity index (χ2n) is 13.8. The van der Waals surface area contributed by atoms with Crippen molar-refractivity contribution < 1.29 is 43.6 Å². The first kappa shape index (κ1) is 39.8. The molecule has 6 atom stereocenters. The predicted molar refractivity (Wildman–Crippen MR) is 201 cm³/mol. The number of carbonyl (C=O) groups is 2. The molecule has 288 valence electrons. The van der Waals surface area contributed by atoms with Crippen molar-refractivity contribution in [2.45, 2.75) is 83.1 Å². The fourth-order valence-corrected chi connectivity index (χ4v) is 8.19. The van der Waals surface area contributed by atoms with Crippen molar-refractivity contribution >= 4 is 17.9 Å². The highest BCUT2D eigenvalue weighted by molar-refractivity contribution is 6.03. The van der Waals surface area contributed by atoms with E-state index in [1.54, 1.807) is 37.1 Å². The number of aliphatic hydroxyl groups is 2. The van der Waals surface area contributed by atoms with Gasteiger partial charge in [-0.1, -0.05) is 60.5 Å². The Morgan fingerprint density at radius 2 is 1.83 bits per heavy atom. The van der Waals surface area contributed by atoms with Gasteiger partial charge < -0.3 is 44.2 Å². The number of nitrogens with zero attached hydrogens (tertiary/aromatic N) is 2. The van der Waals surface area contributed by atoms with Crippen molar-refractivity contribution in [1.82, 2.24) is 10.2 Å². The molecule has 12 heteroatoms. The van der Waals surface area contributed by atoms with Gasteiger partial charge >= 0.3 is 12.2 Å². The number of fused-ring (bicyclic) bond motifs is 2. The summed E-state index contributed by atoms with van der Waals surface area (Å²) in [5.74, 6) is -1.12. The van der Waals surface area contributed by atoms with Crippen molar-refractivity contribution in [3.8, 4) is 11.5 Å². The van der Waals surface area contributed by atoms with Crippen LogP contribution >= 0.6 is 0 Å². The van der Waals surface area contributed by atoms with Gasteiger partial charge in [0.2, 0.25) is 5.79 Å². The van der Waals surface area contributed by atoms with Gasteiger partial charge in [0.15, 0.2) is 0 Å². The Labute approximate surface area is 312 Å². The van der Waals surface area contributed by atoms with Gasteiger partial charge in [0.1, 0.15) is 24.1 Å². The molecule has 0 saturated heterocycles. The van der Waals surface area contributed by atoms with E-state index in [4.69, 9.17) is 28.9 Å². The molecule has 1 heterocycles. The fourth-order valence-electron chi connectivity index (χ4n) is 8.19. The number of ether oxygens (including phenoxy) is 4. The van der Waals surface area contributed by atoms with Crippen LogP contribution in [0.2, 0.25) is 0 Å². The average molecular weight is 734 g/mol. The van der Waals surface area contributed by atoms with Crippen LogP contribution in [0.5, 0.6) is 11.5 Å². The summed E-state index contributed by atoms with van der Waals surface area (Å²) in [5, 5.41) is 27.1. The first-order valence-corrected chi connectivity index (χ1v) is 18.9. The summed E-state index contributed by atoms with van der Waals surface area (Å²) >= 11 is 0. The van der Waals surface area contributed by atoms with Crippen molar-refractivity contribution in [2.24, 2.45) is 22.9 Å². The van der Waals surface area contributed by atoms with Gasteiger partial charge in [0.05, 0.1) is 24.8 Å². The SMILES string of the molecule is C=CCOC12Oc3ccc(OC(=O)NCC)cc3C3C(CCCCO)C(CCCCO)C=C(C(=NOCc4ccccc4)CC1N(C)C(=O)OCC)C32. The number of unbranched alkanes of at least 4 members (excludes halogenated alkanes) is 2. The second kappa shape index (κ2) is 19.1. The van der Waals surface area contributed by atoms with E-state index in [0.29, 0.717) is 36.6 Å². The molecular formula is C41H55N3O9. The third-order valence-electron chi connectivity index (χ3n) is 10.4. The molecule has 12 nitrogen and oxygen atoms in total. The molecule has 0 aromatic heterocycles. The fraction of sp³-hybridized carbons (Fsp3) is 0.537. The van der Waals surface area contributed by atoms with Crippen molar-refractivity contribution in [2.75, 3.05) is 40.0 Å². The van der Waals surface area contributed by atoms with Crippen molar-refractivity contribution in [3.63, 3.8) is 0 Å². The molecule has 2 aromatic rings. The monoisotopic (exact) mass is 733 g/mol. The third kappa shape index (κ3) is 9.05. The Morgan fingerprint density at radius 3 is 2.53 bits per heavy atom. The highest BCUT2D eigenvalue weighted by Gasteiger charge is 2.65. The summed E-state index contributed by atoms with van der Waals surface area (Å²) < 4.78 is 25.2. The largest absolute Gasteiger partial charge is 0.459 e. The van der Waals surface area contributed by atoms with E-state index in [2.05, 4.69) is 18.0 Å². The lowest BCUT2D eigenvalue weighted by Gasteiger charge is -2.59. The highest BCUT2D eigenvalue weighted by Crippen LogP contribution is 2.61. The maximum absolute atomic E-state index is 13.6.